The van der Waals surface area contributed by atoms with Crippen LogP contribution in [0.2, 0.25) is 0 Å². The molecule has 1 unspecified atom stereocenters. The third kappa shape index (κ3) is 9.46. The van der Waals surface area contributed by atoms with Crippen LogP contribution >= 0.6 is 0 Å². The monoisotopic (exact) mass is 491 g/mol. The number of carbonyl (C=O) groups is 4. The Morgan fingerprint density at radius 2 is 1.66 bits per heavy atom. The van der Waals surface area contributed by atoms with Crippen molar-refractivity contribution in [3.05, 3.63) is 29.8 Å². The maximum atomic E-state index is 12.6. The molecule has 10 nitrogen and oxygen atoms in total. The number of nitrogens with zero attached hydrogens (tertiary/aromatic N) is 1. The molecule has 0 radical (unpaired) electrons. The van der Waals surface area contributed by atoms with Crippen LogP contribution in [0.3, 0.4) is 0 Å². The largest absolute Gasteiger partial charge is 0.459 e. The van der Waals surface area contributed by atoms with Crippen LogP contribution in [0, 0.1) is 5.92 Å². The van der Waals surface area contributed by atoms with Gasteiger partial charge in [-0.1, -0.05) is 13.8 Å². The van der Waals surface area contributed by atoms with Gasteiger partial charge in [-0.05, 0) is 57.4 Å². The van der Waals surface area contributed by atoms with Crippen LogP contribution in [-0.2, 0) is 19.0 Å². The Balaban J connectivity index is 1.87. The second-order valence-corrected chi connectivity index (χ2v) is 9.96. The first-order valence-electron chi connectivity index (χ1n) is 11.8. The molecule has 2 rings (SSSR count). The maximum Gasteiger partial charge on any atom is 0.410 e. The zero-order valence-electron chi connectivity index (χ0n) is 21.4. The number of piperidine rings is 1. The number of amides is 3. The number of nitrogens with one attached hydrogen (secondary N) is 2. The lowest BCUT2D eigenvalue weighted by atomic mass is 10.0. The minimum Gasteiger partial charge on any atom is -0.459 e. The van der Waals surface area contributed by atoms with Gasteiger partial charge in [0.2, 0.25) is 5.91 Å². The number of anilines is 1. The van der Waals surface area contributed by atoms with Crippen LogP contribution in [0.5, 0.6) is 0 Å². The smallest absolute Gasteiger partial charge is 0.410 e. The zero-order valence-corrected chi connectivity index (χ0v) is 21.4. The van der Waals surface area contributed by atoms with Gasteiger partial charge in [-0.25, -0.2) is 14.4 Å². The topological polar surface area (TPSA) is 123 Å². The predicted octanol–water partition coefficient (Wildman–Crippen LogP) is 3.95. The number of methoxy groups -OCH3 is 1. The summed E-state index contributed by atoms with van der Waals surface area (Å²) < 4.78 is 15.6. The summed E-state index contributed by atoms with van der Waals surface area (Å²) in [5.41, 5.74) is 0.279. The fourth-order valence-electron chi connectivity index (χ4n) is 3.53. The Labute approximate surface area is 206 Å². The molecule has 10 heteroatoms. The molecular formula is C25H37N3O7. The number of hydrogen-bond donors (Lipinski definition) is 2. The fourth-order valence-corrected chi connectivity index (χ4v) is 3.53. The normalized spacial score (nSPS) is 15.2. The van der Waals surface area contributed by atoms with Gasteiger partial charge in [0, 0.05) is 31.6 Å². The molecule has 1 atom stereocenters. The van der Waals surface area contributed by atoms with Crippen LogP contribution in [0.1, 0.15) is 64.2 Å². The van der Waals surface area contributed by atoms with Crippen molar-refractivity contribution in [2.24, 2.45) is 5.92 Å². The van der Waals surface area contributed by atoms with E-state index in [-0.39, 0.29) is 24.0 Å². The lowest BCUT2D eigenvalue weighted by Gasteiger charge is -2.33. The van der Waals surface area contributed by atoms with Crippen molar-refractivity contribution in [3.8, 4) is 0 Å². The summed E-state index contributed by atoms with van der Waals surface area (Å²) in [5, 5.41) is 5.28. The van der Waals surface area contributed by atoms with E-state index in [1.54, 1.807) is 29.2 Å². The second-order valence-electron chi connectivity index (χ2n) is 9.96. The number of alkyl carbamates (subject to hydrolysis) is 1. The molecule has 1 aliphatic heterocycles. The van der Waals surface area contributed by atoms with E-state index >= 15 is 0 Å². The number of rotatable bonds is 7. The average Bonchev–Trinajstić information content (AvgIpc) is 2.78. The molecular weight excluding hydrogens is 454 g/mol. The summed E-state index contributed by atoms with van der Waals surface area (Å²) in [6, 6.07) is 5.59. The highest BCUT2D eigenvalue weighted by molar-refractivity contribution is 5.97. The standard InChI is InChI=1S/C25H37N3O7/c1-16(2)15-20(27-23(31)33-6)21(29)26-18-9-7-17(8-10-18)22(30)34-19-11-13-28(14-12-19)24(32)35-25(3,4)5/h7-10,16,19-20H,11-15H2,1-6H3,(H,26,29)(H,27,31). The molecule has 2 N–H and O–H groups in total. The summed E-state index contributed by atoms with van der Waals surface area (Å²) in [5.74, 6) is -0.670. The van der Waals surface area contributed by atoms with Crippen LogP contribution in [0.25, 0.3) is 0 Å². The van der Waals surface area contributed by atoms with E-state index in [2.05, 4.69) is 15.4 Å². The molecule has 35 heavy (non-hydrogen) atoms. The van der Waals surface area contributed by atoms with Gasteiger partial charge in [0.05, 0.1) is 12.7 Å². The van der Waals surface area contributed by atoms with Crippen LogP contribution < -0.4 is 10.6 Å². The van der Waals surface area contributed by atoms with Crippen molar-refractivity contribution in [1.29, 1.82) is 0 Å². The third-order valence-electron chi connectivity index (χ3n) is 5.26. The number of likely N-dealkylation sites (tertiary alicyclic amines) is 1. The lowest BCUT2D eigenvalue weighted by Crippen LogP contribution is -2.44. The molecule has 1 aromatic rings. The first kappa shape index (κ1) is 27.9. The molecule has 0 aromatic heterocycles. The van der Waals surface area contributed by atoms with E-state index in [0.29, 0.717) is 43.6 Å². The Bertz CT molecular complexity index is 885. The summed E-state index contributed by atoms with van der Waals surface area (Å²) in [6.07, 6.45) is 0.172. The van der Waals surface area contributed by atoms with Gasteiger partial charge in [0.25, 0.3) is 0 Å². The molecule has 3 amide bonds. The van der Waals surface area contributed by atoms with Crippen LogP contribution in [0.4, 0.5) is 15.3 Å². The molecule has 1 heterocycles. The molecule has 1 aromatic carbocycles. The number of carbonyl (C=O) groups excluding carboxylic acids is 4. The summed E-state index contributed by atoms with van der Waals surface area (Å²) in [4.78, 5) is 50.5. The number of hydrogen-bond acceptors (Lipinski definition) is 7. The molecule has 1 fully saturated rings. The minimum atomic E-state index is -0.751. The first-order chi connectivity index (χ1) is 16.4. The highest BCUT2D eigenvalue weighted by Crippen LogP contribution is 2.19. The first-order valence-corrected chi connectivity index (χ1v) is 11.8. The van der Waals surface area contributed by atoms with E-state index in [1.807, 2.05) is 34.6 Å². The Morgan fingerprint density at radius 3 is 2.17 bits per heavy atom. The Hall–Kier alpha value is -3.30. The van der Waals surface area contributed by atoms with Gasteiger partial charge in [0.1, 0.15) is 17.7 Å². The Morgan fingerprint density at radius 1 is 1.06 bits per heavy atom. The zero-order chi connectivity index (χ0) is 26.2. The summed E-state index contributed by atoms with van der Waals surface area (Å²) in [6.45, 7) is 10.3. The van der Waals surface area contributed by atoms with Crippen molar-refractivity contribution in [3.63, 3.8) is 0 Å². The van der Waals surface area contributed by atoms with E-state index in [1.165, 1.54) is 7.11 Å². The second kappa shape index (κ2) is 12.4. The summed E-state index contributed by atoms with van der Waals surface area (Å²) in [7, 11) is 1.24. The average molecular weight is 492 g/mol. The molecule has 194 valence electrons. The van der Waals surface area contributed by atoms with Gasteiger partial charge in [-0.2, -0.15) is 0 Å². The van der Waals surface area contributed by atoms with Crippen LogP contribution in [0.15, 0.2) is 24.3 Å². The highest BCUT2D eigenvalue weighted by Gasteiger charge is 2.29. The van der Waals surface area contributed by atoms with Gasteiger partial charge in [-0.3, -0.25) is 4.79 Å². The van der Waals surface area contributed by atoms with E-state index in [0.717, 1.165) is 0 Å². The molecule has 0 saturated carbocycles. The van der Waals surface area contributed by atoms with Crippen molar-refractivity contribution >= 4 is 29.8 Å². The van der Waals surface area contributed by atoms with Crippen LogP contribution in [-0.4, -0.2) is 66.9 Å². The molecule has 1 aliphatic rings. The minimum absolute atomic E-state index is 0.177. The van der Waals surface area contributed by atoms with Gasteiger partial charge in [-0.15, -0.1) is 0 Å². The number of benzene rings is 1. The van der Waals surface area contributed by atoms with Gasteiger partial charge in [0.15, 0.2) is 0 Å². The maximum absolute atomic E-state index is 12.6. The van der Waals surface area contributed by atoms with Crippen molar-refractivity contribution in [1.82, 2.24) is 10.2 Å². The molecule has 1 saturated heterocycles. The SMILES string of the molecule is COC(=O)NC(CC(C)C)C(=O)Nc1ccc(C(=O)OC2CCN(C(=O)OC(C)(C)C)CC2)cc1. The third-order valence-corrected chi connectivity index (χ3v) is 5.26. The van der Waals surface area contributed by atoms with Crippen molar-refractivity contribution in [2.45, 2.75) is 71.6 Å². The molecule has 0 spiro atoms. The fraction of sp³-hybridized carbons (Fsp3) is 0.600. The molecule has 0 aliphatic carbocycles. The van der Waals surface area contributed by atoms with E-state index in [4.69, 9.17) is 9.47 Å². The van der Waals surface area contributed by atoms with Crippen molar-refractivity contribution in [2.75, 3.05) is 25.5 Å². The van der Waals surface area contributed by atoms with Gasteiger partial charge < -0.3 is 29.7 Å². The number of ether oxygens (including phenoxy) is 3. The lowest BCUT2D eigenvalue weighted by molar-refractivity contribution is -0.118. The van der Waals surface area contributed by atoms with Gasteiger partial charge >= 0.3 is 18.2 Å². The quantitative estimate of drug-likeness (QED) is 0.437. The van der Waals surface area contributed by atoms with E-state index < -0.39 is 23.7 Å². The summed E-state index contributed by atoms with van der Waals surface area (Å²) >= 11 is 0. The number of esters is 1. The Kier molecular flexibility index (Phi) is 9.91. The molecule has 0 bridgehead atoms. The predicted molar refractivity (Wildman–Crippen MR) is 130 cm³/mol. The van der Waals surface area contributed by atoms with Crippen molar-refractivity contribution < 1.29 is 33.4 Å². The highest BCUT2D eigenvalue weighted by atomic mass is 16.6. The van der Waals surface area contributed by atoms with E-state index in [9.17, 15) is 19.2 Å².